The number of hydrogen-bond donors (Lipinski definition) is 5. The molecule has 0 radical (unpaired) electrons. The first-order chi connectivity index (χ1) is 20.5. The van der Waals surface area contributed by atoms with Gasteiger partial charge in [0, 0.05) is 0 Å². The molecule has 4 aliphatic carbocycles. The van der Waals surface area contributed by atoms with E-state index in [0.29, 0.717) is 12.3 Å². The van der Waals surface area contributed by atoms with Crippen LogP contribution in [0.1, 0.15) is 113 Å². The van der Waals surface area contributed by atoms with Crippen LogP contribution in [0.2, 0.25) is 0 Å². The van der Waals surface area contributed by atoms with Crippen molar-refractivity contribution in [3.8, 4) is 0 Å². The summed E-state index contributed by atoms with van der Waals surface area (Å²) in [6.45, 7) is 15.3. The highest BCUT2D eigenvalue weighted by Crippen LogP contribution is 2.72. The van der Waals surface area contributed by atoms with Gasteiger partial charge in [-0.15, -0.1) is 0 Å². The average molecular weight is 619 g/mol. The normalized spacial score (nSPS) is 45.5. The quantitative estimate of drug-likeness (QED) is 0.203. The predicted molar refractivity (Wildman–Crippen MR) is 167 cm³/mol. The van der Waals surface area contributed by atoms with Crippen molar-refractivity contribution in [2.24, 2.45) is 39.4 Å². The van der Waals surface area contributed by atoms with E-state index in [4.69, 9.17) is 9.47 Å². The van der Waals surface area contributed by atoms with E-state index >= 15 is 0 Å². The lowest BCUT2D eigenvalue weighted by atomic mass is 9.43. The third kappa shape index (κ3) is 5.24. The second-order valence-corrected chi connectivity index (χ2v) is 16.3. The van der Waals surface area contributed by atoms with E-state index in [2.05, 4.69) is 40.7 Å². The Morgan fingerprint density at radius 3 is 2.32 bits per heavy atom. The van der Waals surface area contributed by atoms with Crippen LogP contribution >= 0.6 is 0 Å². The highest BCUT2D eigenvalue weighted by Gasteiger charge is 2.64. The first-order valence-electron chi connectivity index (χ1n) is 17.1. The van der Waals surface area contributed by atoms with E-state index < -0.39 is 49.2 Å². The number of esters is 1. The third-order valence-electron chi connectivity index (χ3n) is 13.7. The van der Waals surface area contributed by atoms with E-state index in [1.807, 2.05) is 13.8 Å². The molecule has 12 unspecified atom stereocenters. The second kappa shape index (κ2) is 12.1. The Morgan fingerprint density at radius 1 is 0.955 bits per heavy atom. The van der Waals surface area contributed by atoms with E-state index in [-0.39, 0.29) is 33.7 Å². The van der Waals surface area contributed by atoms with Gasteiger partial charge in [-0.2, -0.15) is 0 Å². The molecule has 1 aliphatic heterocycles. The van der Waals surface area contributed by atoms with Gasteiger partial charge in [0.05, 0.1) is 18.6 Å². The van der Waals surface area contributed by atoms with Crippen molar-refractivity contribution >= 4 is 5.97 Å². The van der Waals surface area contributed by atoms with Crippen molar-refractivity contribution < 1.29 is 39.8 Å². The van der Waals surface area contributed by atoms with Crippen LogP contribution in [0.15, 0.2) is 22.8 Å². The molecule has 8 nitrogen and oxygen atoms in total. The number of ether oxygens (including phenoxy) is 2. The molecule has 0 bridgehead atoms. The van der Waals surface area contributed by atoms with Gasteiger partial charge in [-0.25, -0.2) is 0 Å². The van der Waals surface area contributed by atoms with Gasteiger partial charge in [-0.05, 0) is 112 Å². The minimum atomic E-state index is -1.64. The maximum absolute atomic E-state index is 14.1. The Morgan fingerprint density at radius 2 is 1.66 bits per heavy atom. The van der Waals surface area contributed by atoms with E-state index in [0.717, 1.165) is 57.8 Å². The molecule has 5 rings (SSSR count). The van der Waals surface area contributed by atoms with Crippen LogP contribution in [-0.2, 0) is 14.3 Å². The highest BCUT2D eigenvalue weighted by atomic mass is 16.7. The fourth-order valence-corrected chi connectivity index (χ4v) is 10.8. The van der Waals surface area contributed by atoms with Crippen molar-refractivity contribution in [1.29, 1.82) is 0 Å². The number of rotatable bonds is 7. The van der Waals surface area contributed by atoms with Gasteiger partial charge in [0.15, 0.2) is 12.4 Å². The summed E-state index contributed by atoms with van der Waals surface area (Å²) < 4.78 is 11.1. The first kappa shape index (κ1) is 34.1. The zero-order valence-corrected chi connectivity index (χ0v) is 28.0. The maximum atomic E-state index is 14.1. The van der Waals surface area contributed by atoms with Gasteiger partial charge in [0.1, 0.15) is 18.3 Å². The Kier molecular flexibility index (Phi) is 9.33. The molecule has 12 atom stereocenters. The van der Waals surface area contributed by atoms with Crippen LogP contribution < -0.4 is 0 Å². The Hall–Kier alpha value is -1.29. The molecule has 3 fully saturated rings. The number of aliphatic hydroxyl groups is 5. The molecule has 0 aromatic rings. The topological polar surface area (TPSA) is 137 Å². The zero-order chi connectivity index (χ0) is 32.4. The molecule has 0 amide bonds. The maximum Gasteiger partial charge on any atom is 0.309 e. The smallest absolute Gasteiger partial charge is 0.309 e. The van der Waals surface area contributed by atoms with Gasteiger partial charge in [-0.1, -0.05) is 57.4 Å². The van der Waals surface area contributed by atoms with Crippen molar-refractivity contribution in [2.45, 2.75) is 149 Å². The van der Waals surface area contributed by atoms with E-state index in [1.165, 1.54) is 5.57 Å². The lowest BCUT2D eigenvalue weighted by Crippen LogP contribution is -2.60. The number of allylic oxidation sites excluding steroid dienone is 4. The molecule has 1 heterocycles. The molecule has 5 aliphatic rings. The van der Waals surface area contributed by atoms with E-state index in [9.17, 15) is 30.3 Å². The van der Waals surface area contributed by atoms with Gasteiger partial charge < -0.3 is 35.0 Å². The van der Waals surface area contributed by atoms with Crippen molar-refractivity contribution in [3.63, 3.8) is 0 Å². The largest absolute Gasteiger partial charge is 0.454 e. The summed E-state index contributed by atoms with van der Waals surface area (Å²) in [5.41, 5.74) is 4.19. The van der Waals surface area contributed by atoms with Crippen LogP contribution in [-0.4, -0.2) is 74.9 Å². The minimum absolute atomic E-state index is 0.0496. The summed E-state index contributed by atoms with van der Waals surface area (Å²) in [4.78, 5) is 14.1. The Bertz CT molecular complexity index is 1160. The Balaban J connectivity index is 1.45. The SMILES string of the molecule is CC(C)=CCCC(C(=O)OC1C(O)OC(CO)C(O)C1O)C1CCC2(C)C3=C(CCC12C)C1(C)CCC(O)C(C)(C)C1CC3. The number of hydrogen-bond acceptors (Lipinski definition) is 8. The zero-order valence-electron chi connectivity index (χ0n) is 28.0. The average Bonchev–Trinajstić information content (AvgIpc) is 3.24. The molecule has 0 aromatic heterocycles. The summed E-state index contributed by atoms with van der Waals surface area (Å²) in [6, 6.07) is 0. The van der Waals surface area contributed by atoms with Crippen LogP contribution in [0.25, 0.3) is 0 Å². The summed E-state index contributed by atoms with van der Waals surface area (Å²) in [5.74, 6) is -0.403. The molecule has 5 N–H and O–H groups in total. The molecular formula is C36H58O8. The van der Waals surface area contributed by atoms with Gasteiger partial charge >= 0.3 is 5.97 Å². The minimum Gasteiger partial charge on any atom is -0.454 e. The molecule has 0 spiro atoms. The lowest BCUT2D eigenvalue weighted by Gasteiger charge is -2.62. The number of carbonyl (C=O) groups is 1. The van der Waals surface area contributed by atoms with Crippen molar-refractivity contribution in [1.82, 2.24) is 0 Å². The predicted octanol–water partition coefficient (Wildman–Crippen LogP) is 4.80. The fourth-order valence-electron chi connectivity index (χ4n) is 10.8. The number of aliphatic hydroxyl groups excluding tert-OH is 5. The summed E-state index contributed by atoms with van der Waals surface area (Å²) in [6.07, 6.45) is 3.77. The van der Waals surface area contributed by atoms with Crippen LogP contribution in [0.4, 0.5) is 0 Å². The van der Waals surface area contributed by atoms with Gasteiger partial charge in [-0.3, -0.25) is 4.79 Å². The van der Waals surface area contributed by atoms with E-state index in [1.54, 1.807) is 11.1 Å². The first-order valence-corrected chi connectivity index (χ1v) is 17.1. The standard InChI is InChI=1S/C36H58O8/c1-20(2)9-8-10-21(31(41)44-30-29(40)28(39)25(19-37)43-32(30)42)22-13-17-36(7)24-11-12-26-33(3,4)27(38)15-16-34(26,5)23(24)14-18-35(22,36)6/h9,21-22,25-30,32,37-40,42H,8,10-19H2,1-7H3. The summed E-state index contributed by atoms with van der Waals surface area (Å²) >= 11 is 0. The van der Waals surface area contributed by atoms with Crippen molar-refractivity contribution in [2.75, 3.05) is 6.61 Å². The molecule has 8 heteroatoms. The molecular weight excluding hydrogens is 560 g/mol. The fraction of sp³-hybridized carbons (Fsp3) is 0.861. The number of carbonyl (C=O) groups excluding carboxylic acids is 1. The molecule has 2 saturated carbocycles. The second-order valence-electron chi connectivity index (χ2n) is 16.3. The lowest BCUT2D eigenvalue weighted by molar-refractivity contribution is -0.292. The molecule has 0 aromatic carbocycles. The summed E-state index contributed by atoms with van der Waals surface area (Å²) in [7, 11) is 0. The third-order valence-corrected chi connectivity index (χ3v) is 13.7. The highest BCUT2D eigenvalue weighted by molar-refractivity contribution is 5.73. The molecule has 250 valence electrons. The number of fused-ring (bicyclic) bond motifs is 4. The summed E-state index contributed by atoms with van der Waals surface area (Å²) in [5, 5.41) is 52.1. The molecule has 1 saturated heterocycles. The van der Waals surface area contributed by atoms with Gasteiger partial charge in [0.2, 0.25) is 0 Å². The van der Waals surface area contributed by atoms with Crippen molar-refractivity contribution in [3.05, 3.63) is 22.8 Å². The molecule has 44 heavy (non-hydrogen) atoms. The van der Waals surface area contributed by atoms with Crippen LogP contribution in [0, 0.1) is 39.4 Å². The van der Waals surface area contributed by atoms with Crippen LogP contribution in [0.5, 0.6) is 0 Å². The Labute approximate surface area is 263 Å². The van der Waals surface area contributed by atoms with Gasteiger partial charge in [0.25, 0.3) is 0 Å². The van der Waals surface area contributed by atoms with Crippen LogP contribution in [0.3, 0.4) is 0 Å². The monoisotopic (exact) mass is 618 g/mol.